The summed E-state index contributed by atoms with van der Waals surface area (Å²) in [5.41, 5.74) is -0.150. The Labute approximate surface area is 119 Å². The quantitative estimate of drug-likeness (QED) is 0.909. The summed E-state index contributed by atoms with van der Waals surface area (Å²) in [6, 6.07) is 3.36. The first-order valence-electron chi connectivity index (χ1n) is 6.08. The van der Waals surface area contributed by atoms with Crippen molar-refractivity contribution in [2.24, 2.45) is 5.92 Å². The van der Waals surface area contributed by atoms with Crippen molar-refractivity contribution >= 4 is 22.4 Å². The molecule has 0 aliphatic rings. The van der Waals surface area contributed by atoms with Crippen LogP contribution in [-0.2, 0) is 6.42 Å². The van der Waals surface area contributed by atoms with Crippen molar-refractivity contribution in [1.29, 1.82) is 0 Å². The third-order valence-electron chi connectivity index (χ3n) is 2.47. The van der Waals surface area contributed by atoms with E-state index in [1.54, 1.807) is 0 Å². The van der Waals surface area contributed by atoms with E-state index in [1.165, 1.54) is 23.5 Å². The van der Waals surface area contributed by atoms with Crippen molar-refractivity contribution in [2.45, 2.75) is 20.3 Å². The Balaban J connectivity index is 2.09. The van der Waals surface area contributed by atoms with Gasteiger partial charge in [-0.05, 0) is 18.1 Å². The maximum absolute atomic E-state index is 13.5. The summed E-state index contributed by atoms with van der Waals surface area (Å²) in [4.78, 5) is 11.9. The van der Waals surface area contributed by atoms with Gasteiger partial charge >= 0.3 is 0 Å². The Kier molecular flexibility index (Phi) is 4.29. The van der Waals surface area contributed by atoms with Crippen LogP contribution in [-0.4, -0.2) is 21.2 Å². The minimum atomic E-state index is -0.783. The van der Waals surface area contributed by atoms with Crippen molar-refractivity contribution in [1.82, 2.24) is 10.2 Å². The fraction of sp³-hybridized carbons (Fsp3) is 0.308. The fourth-order valence-electron chi connectivity index (χ4n) is 1.59. The monoisotopic (exact) mass is 295 g/mol. The van der Waals surface area contributed by atoms with E-state index in [2.05, 4.69) is 29.4 Å². The summed E-state index contributed by atoms with van der Waals surface area (Å²) in [5.74, 6) is -1.18. The van der Waals surface area contributed by atoms with E-state index >= 15 is 0 Å². The number of nitrogens with zero attached hydrogens (tertiary/aromatic N) is 2. The first-order valence-corrected chi connectivity index (χ1v) is 6.89. The maximum atomic E-state index is 13.5. The van der Waals surface area contributed by atoms with Crippen LogP contribution in [0, 0.1) is 11.7 Å². The molecule has 0 spiro atoms. The average Bonchev–Trinajstić information content (AvgIpc) is 2.75. The number of anilines is 1. The molecule has 1 aromatic carbocycles. The molecular formula is C13H14FN3O2S. The van der Waals surface area contributed by atoms with E-state index in [4.69, 9.17) is 5.11 Å². The molecule has 0 radical (unpaired) electrons. The number of halogens is 1. The molecule has 106 valence electrons. The number of nitrogens with one attached hydrogen (secondary N) is 1. The highest BCUT2D eigenvalue weighted by atomic mass is 32.1. The Bertz CT molecular complexity index is 628. The molecule has 5 nitrogen and oxygen atoms in total. The van der Waals surface area contributed by atoms with E-state index in [0.717, 1.165) is 17.5 Å². The van der Waals surface area contributed by atoms with Crippen molar-refractivity contribution in [3.05, 3.63) is 34.6 Å². The summed E-state index contributed by atoms with van der Waals surface area (Å²) >= 11 is 1.27. The topological polar surface area (TPSA) is 75.1 Å². The van der Waals surface area contributed by atoms with Crippen molar-refractivity contribution < 1.29 is 14.3 Å². The van der Waals surface area contributed by atoms with Gasteiger partial charge in [0.25, 0.3) is 5.91 Å². The highest BCUT2D eigenvalue weighted by molar-refractivity contribution is 7.15. The lowest BCUT2D eigenvalue weighted by molar-refractivity contribution is 0.102. The summed E-state index contributed by atoms with van der Waals surface area (Å²) in [7, 11) is 0. The molecule has 1 aromatic heterocycles. The van der Waals surface area contributed by atoms with Crippen LogP contribution in [0.4, 0.5) is 9.52 Å². The smallest absolute Gasteiger partial charge is 0.260 e. The van der Waals surface area contributed by atoms with Gasteiger partial charge < -0.3 is 5.11 Å². The molecule has 2 N–H and O–H groups in total. The number of phenols is 1. The molecular weight excluding hydrogens is 281 g/mol. The molecule has 0 aliphatic heterocycles. The Morgan fingerprint density at radius 1 is 1.45 bits per heavy atom. The average molecular weight is 295 g/mol. The Hall–Kier alpha value is -2.02. The lowest BCUT2D eigenvalue weighted by atomic mass is 10.1. The molecule has 20 heavy (non-hydrogen) atoms. The van der Waals surface area contributed by atoms with Crippen LogP contribution in [0.1, 0.15) is 29.2 Å². The molecule has 0 unspecified atom stereocenters. The summed E-state index contributed by atoms with van der Waals surface area (Å²) in [6.07, 6.45) is 0.779. The van der Waals surface area contributed by atoms with Crippen LogP contribution >= 0.6 is 11.3 Å². The second-order valence-corrected chi connectivity index (χ2v) is 5.78. The fourth-order valence-corrected chi connectivity index (χ4v) is 2.54. The van der Waals surface area contributed by atoms with Gasteiger partial charge in [0.1, 0.15) is 16.6 Å². The molecule has 0 bridgehead atoms. The summed E-state index contributed by atoms with van der Waals surface area (Å²) in [6.45, 7) is 4.12. The molecule has 0 atom stereocenters. The van der Waals surface area contributed by atoms with Crippen LogP contribution in [0.5, 0.6) is 5.75 Å². The zero-order valence-corrected chi connectivity index (χ0v) is 11.9. The Morgan fingerprint density at radius 2 is 2.20 bits per heavy atom. The number of carbonyl (C=O) groups is 1. The molecule has 0 aliphatic carbocycles. The molecule has 2 aromatic rings. The van der Waals surface area contributed by atoms with Crippen molar-refractivity contribution in [3.8, 4) is 5.75 Å². The highest BCUT2D eigenvalue weighted by Gasteiger charge is 2.15. The number of amides is 1. The number of hydrogen-bond acceptors (Lipinski definition) is 5. The predicted octanol–water partition coefficient (Wildman–Crippen LogP) is 2.83. The summed E-state index contributed by atoms with van der Waals surface area (Å²) < 4.78 is 13.5. The molecule has 7 heteroatoms. The number of benzene rings is 1. The standard InChI is InChI=1S/C13H14FN3O2S/c1-7(2)5-11-16-17-13(20-11)15-12(19)9-4-3-8(18)6-10(9)14/h3-4,6-7,18H,5H2,1-2H3,(H,15,17,19). The lowest BCUT2D eigenvalue weighted by Crippen LogP contribution is -2.13. The van der Waals surface area contributed by atoms with Crippen LogP contribution < -0.4 is 5.32 Å². The van der Waals surface area contributed by atoms with Crippen molar-refractivity contribution in [3.63, 3.8) is 0 Å². The van der Waals surface area contributed by atoms with Gasteiger partial charge in [0.2, 0.25) is 5.13 Å². The van der Waals surface area contributed by atoms with Crippen molar-refractivity contribution in [2.75, 3.05) is 5.32 Å². The largest absolute Gasteiger partial charge is 0.508 e. The molecule has 0 saturated carbocycles. The molecule has 1 heterocycles. The maximum Gasteiger partial charge on any atom is 0.260 e. The van der Waals surface area contributed by atoms with E-state index in [-0.39, 0.29) is 11.3 Å². The number of carbonyl (C=O) groups excluding carboxylic acids is 1. The number of hydrogen-bond donors (Lipinski definition) is 2. The summed E-state index contributed by atoms with van der Waals surface area (Å²) in [5, 5.41) is 20.6. The van der Waals surface area contributed by atoms with Gasteiger partial charge in [0, 0.05) is 12.5 Å². The Morgan fingerprint density at radius 3 is 2.85 bits per heavy atom. The van der Waals surface area contributed by atoms with Gasteiger partial charge in [-0.25, -0.2) is 4.39 Å². The van der Waals surface area contributed by atoms with Crippen LogP contribution in [0.15, 0.2) is 18.2 Å². The minimum Gasteiger partial charge on any atom is -0.508 e. The predicted molar refractivity (Wildman–Crippen MR) is 74.5 cm³/mol. The van der Waals surface area contributed by atoms with E-state index < -0.39 is 11.7 Å². The number of aromatic nitrogens is 2. The van der Waals surface area contributed by atoms with E-state index in [0.29, 0.717) is 11.0 Å². The number of aromatic hydroxyl groups is 1. The minimum absolute atomic E-state index is 0.150. The number of phenolic OH excluding ortho intramolecular Hbond substituents is 1. The van der Waals surface area contributed by atoms with Gasteiger partial charge in [-0.1, -0.05) is 25.2 Å². The van der Waals surface area contributed by atoms with Gasteiger partial charge in [0.15, 0.2) is 0 Å². The molecule has 0 fully saturated rings. The van der Waals surface area contributed by atoms with Gasteiger partial charge in [-0.2, -0.15) is 0 Å². The lowest BCUT2D eigenvalue weighted by Gasteiger charge is -2.03. The van der Waals surface area contributed by atoms with Crippen LogP contribution in [0.25, 0.3) is 0 Å². The SMILES string of the molecule is CC(C)Cc1nnc(NC(=O)c2ccc(O)cc2F)s1. The van der Waals surface area contributed by atoms with E-state index in [1.807, 2.05) is 0 Å². The second-order valence-electron chi connectivity index (χ2n) is 4.72. The van der Waals surface area contributed by atoms with Gasteiger partial charge in [-0.15, -0.1) is 10.2 Å². The molecule has 0 saturated heterocycles. The second kappa shape index (κ2) is 5.96. The number of rotatable bonds is 4. The van der Waals surface area contributed by atoms with Crippen LogP contribution in [0.2, 0.25) is 0 Å². The normalized spacial score (nSPS) is 10.8. The molecule has 2 rings (SSSR count). The zero-order chi connectivity index (χ0) is 14.7. The van der Waals surface area contributed by atoms with E-state index in [9.17, 15) is 9.18 Å². The zero-order valence-electron chi connectivity index (χ0n) is 11.1. The highest BCUT2D eigenvalue weighted by Crippen LogP contribution is 2.20. The first kappa shape index (κ1) is 14.4. The third-order valence-corrected chi connectivity index (χ3v) is 3.33. The van der Waals surface area contributed by atoms with Crippen LogP contribution in [0.3, 0.4) is 0 Å². The molecule has 1 amide bonds. The third kappa shape index (κ3) is 3.51. The van der Waals surface area contributed by atoms with Gasteiger partial charge in [0.05, 0.1) is 5.56 Å². The first-order chi connectivity index (χ1) is 9.45. The van der Waals surface area contributed by atoms with Gasteiger partial charge in [-0.3, -0.25) is 10.1 Å².